The van der Waals surface area contributed by atoms with Crippen LogP contribution in [0.4, 0.5) is 5.82 Å². The Kier molecular flexibility index (Phi) is 7.92. The minimum atomic E-state index is -4.77. The van der Waals surface area contributed by atoms with Crippen LogP contribution in [0.3, 0.4) is 0 Å². The second-order valence-corrected chi connectivity index (χ2v) is 7.56. The van der Waals surface area contributed by atoms with Gasteiger partial charge in [0.25, 0.3) is 5.91 Å². The van der Waals surface area contributed by atoms with Gasteiger partial charge < -0.3 is 41.5 Å². The maximum absolute atomic E-state index is 12.2. The molecule has 1 aromatic rings. The molecule has 1 aliphatic heterocycles. The molecule has 1 fully saturated rings. The number of nitrogens with zero attached hydrogens (tertiary/aromatic N) is 2. The molecule has 1 aliphatic rings. The van der Waals surface area contributed by atoms with Crippen LogP contribution in [-0.2, 0) is 13.8 Å². The predicted molar refractivity (Wildman–Crippen MR) is 95.8 cm³/mol. The minimum Gasteiger partial charge on any atom is -0.387 e. The van der Waals surface area contributed by atoms with Crippen molar-refractivity contribution in [2.75, 3.05) is 25.4 Å². The average Bonchev–Trinajstić information content (AvgIpc) is 3.13. The quantitative estimate of drug-likeness (QED) is 0.162. The summed E-state index contributed by atoms with van der Waals surface area (Å²) in [6.45, 7) is 0.360. The SMILES string of the molecule is NCCCCCNC(=O)c1ncn([C@@H]2O[C@H](COP(=O)(O)O)[C@@H](O)[C@H]2O)c1N. The van der Waals surface area contributed by atoms with E-state index in [0.717, 1.165) is 23.8 Å². The zero-order valence-corrected chi connectivity index (χ0v) is 15.9. The third-order valence-electron chi connectivity index (χ3n) is 4.23. The van der Waals surface area contributed by atoms with E-state index in [1.165, 1.54) is 6.33 Å². The first-order valence-corrected chi connectivity index (χ1v) is 10.2. The number of nitrogen functional groups attached to an aromatic ring is 1. The van der Waals surface area contributed by atoms with E-state index in [4.69, 9.17) is 26.0 Å². The van der Waals surface area contributed by atoms with E-state index in [1.807, 2.05) is 0 Å². The van der Waals surface area contributed by atoms with Gasteiger partial charge in [-0.1, -0.05) is 6.42 Å². The highest BCUT2D eigenvalue weighted by atomic mass is 31.2. The van der Waals surface area contributed by atoms with Crippen molar-refractivity contribution in [3.05, 3.63) is 12.0 Å². The topological polar surface area (TPSA) is 215 Å². The molecule has 13 nitrogen and oxygen atoms in total. The molecule has 0 aromatic carbocycles. The van der Waals surface area contributed by atoms with E-state index in [0.29, 0.717) is 13.1 Å². The Labute approximate surface area is 160 Å². The van der Waals surface area contributed by atoms with Gasteiger partial charge in [0, 0.05) is 6.54 Å². The Morgan fingerprint density at radius 3 is 2.68 bits per heavy atom. The second-order valence-electron chi connectivity index (χ2n) is 6.32. The number of hydrogen-bond acceptors (Lipinski definition) is 9. The molecule has 0 bridgehead atoms. The highest BCUT2D eigenvalue weighted by molar-refractivity contribution is 7.46. The highest BCUT2D eigenvalue weighted by Gasteiger charge is 2.45. The summed E-state index contributed by atoms with van der Waals surface area (Å²) >= 11 is 0. The number of nitrogens with one attached hydrogen (secondary N) is 1. The van der Waals surface area contributed by atoms with Gasteiger partial charge in [-0.25, -0.2) is 9.55 Å². The predicted octanol–water partition coefficient (Wildman–Crippen LogP) is -1.95. The van der Waals surface area contributed by atoms with Crippen molar-refractivity contribution in [1.29, 1.82) is 0 Å². The van der Waals surface area contributed by atoms with E-state index in [9.17, 15) is 19.6 Å². The molecule has 0 unspecified atom stereocenters. The number of ether oxygens (including phenoxy) is 1. The van der Waals surface area contributed by atoms with Crippen molar-refractivity contribution in [3.63, 3.8) is 0 Å². The standard InChI is InChI=1S/C14H26N5O8P/c15-4-2-1-3-5-17-13(22)9-12(16)19(7-18-9)14-11(21)10(20)8(27-14)6-26-28(23,24)25/h7-8,10-11,14,20-21H,1-6,15-16H2,(H,17,22)(H2,23,24,25)/t8-,10-,11-,14-/m1/s1. The number of aliphatic hydroxyl groups is 2. The minimum absolute atomic E-state index is 0.0703. The Morgan fingerprint density at radius 2 is 2.04 bits per heavy atom. The maximum atomic E-state index is 12.2. The molecule has 1 aromatic heterocycles. The van der Waals surface area contributed by atoms with Gasteiger partial charge in [0.15, 0.2) is 11.9 Å². The zero-order chi connectivity index (χ0) is 20.9. The first kappa shape index (κ1) is 22.7. The fraction of sp³-hybridized carbons (Fsp3) is 0.714. The number of nitrogens with two attached hydrogens (primary N) is 2. The van der Waals surface area contributed by atoms with Crippen LogP contribution in [0.15, 0.2) is 6.33 Å². The molecule has 14 heteroatoms. The lowest BCUT2D eigenvalue weighted by molar-refractivity contribution is -0.0510. The van der Waals surface area contributed by atoms with Gasteiger partial charge in [-0.3, -0.25) is 13.9 Å². The molecule has 0 aliphatic carbocycles. The summed E-state index contributed by atoms with van der Waals surface area (Å²) in [5.74, 6) is -0.592. The molecule has 0 saturated carbocycles. The van der Waals surface area contributed by atoms with Crippen molar-refractivity contribution in [2.24, 2.45) is 5.73 Å². The third kappa shape index (κ3) is 5.72. The molecule has 9 N–H and O–H groups in total. The first-order valence-electron chi connectivity index (χ1n) is 8.68. The van der Waals surface area contributed by atoms with Crippen LogP contribution in [0.5, 0.6) is 0 Å². The summed E-state index contributed by atoms with van der Waals surface area (Å²) in [6, 6.07) is 0. The highest BCUT2D eigenvalue weighted by Crippen LogP contribution is 2.38. The van der Waals surface area contributed by atoms with Crippen molar-refractivity contribution in [2.45, 2.75) is 43.8 Å². The number of hydrogen-bond donors (Lipinski definition) is 7. The summed E-state index contributed by atoms with van der Waals surface area (Å²) in [7, 11) is -4.77. The van der Waals surface area contributed by atoms with Crippen LogP contribution in [0, 0.1) is 0 Å². The van der Waals surface area contributed by atoms with Gasteiger partial charge >= 0.3 is 7.82 Å². The number of anilines is 1. The van der Waals surface area contributed by atoms with E-state index in [2.05, 4.69) is 14.8 Å². The number of aliphatic hydroxyl groups excluding tert-OH is 2. The van der Waals surface area contributed by atoms with E-state index in [-0.39, 0.29) is 11.5 Å². The summed E-state index contributed by atoms with van der Waals surface area (Å²) in [6.07, 6.45) is -1.73. The average molecular weight is 423 g/mol. The number of carbonyl (C=O) groups excluding carboxylic acids is 1. The van der Waals surface area contributed by atoms with E-state index in [1.54, 1.807) is 0 Å². The largest absolute Gasteiger partial charge is 0.469 e. The van der Waals surface area contributed by atoms with Crippen LogP contribution in [0.1, 0.15) is 36.0 Å². The normalized spacial score (nSPS) is 25.2. The van der Waals surface area contributed by atoms with Crippen LogP contribution in [-0.4, -0.2) is 73.5 Å². The zero-order valence-electron chi connectivity index (χ0n) is 15.0. The van der Waals surface area contributed by atoms with Gasteiger partial charge in [-0.2, -0.15) is 0 Å². The summed E-state index contributed by atoms with van der Waals surface area (Å²) < 4.78 is 21.7. The van der Waals surface area contributed by atoms with Gasteiger partial charge in [0.2, 0.25) is 0 Å². The lowest BCUT2D eigenvalue weighted by atomic mass is 10.1. The molecule has 2 rings (SSSR count). The van der Waals surface area contributed by atoms with Gasteiger partial charge in [-0.05, 0) is 19.4 Å². The van der Waals surface area contributed by atoms with Gasteiger partial charge in [0.05, 0.1) is 12.9 Å². The fourth-order valence-electron chi connectivity index (χ4n) is 2.75. The molecule has 4 atom stereocenters. The number of amides is 1. The summed E-state index contributed by atoms with van der Waals surface area (Å²) in [5.41, 5.74) is 11.3. The Balaban J connectivity index is 2.00. The monoisotopic (exact) mass is 423 g/mol. The van der Waals surface area contributed by atoms with E-state index < -0.39 is 44.9 Å². The number of phosphoric ester groups is 1. The van der Waals surface area contributed by atoms with Gasteiger partial charge in [-0.15, -0.1) is 0 Å². The van der Waals surface area contributed by atoms with Crippen molar-refractivity contribution >= 4 is 19.5 Å². The molecule has 28 heavy (non-hydrogen) atoms. The molecular formula is C14H26N5O8P. The Morgan fingerprint density at radius 1 is 1.32 bits per heavy atom. The van der Waals surface area contributed by atoms with Crippen molar-refractivity contribution < 1.29 is 38.6 Å². The summed E-state index contributed by atoms with van der Waals surface area (Å²) in [5, 5.41) is 22.8. The number of rotatable bonds is 10. The summed E-state index contributed by atoms with van der Waals surface area (Å²) in [4.78, 5) is 33.6. The van der Waals surface area contributed by atoms with Crippen LogP contribution >= 0.6 is 7.82 Å². The van der Waals surface area contributed by atoms with Crippen LogP contribution < -0.4 is 16.8 Å². The lowest BCUT2D eigenvalue weighted by Crippen LogP contribution is -2.33. The molecule has 0 radical (unpaired) electrons. The lowest BCUT2D eigenvalue weighted by Gasteiger charge is -2.17. The maximum Gasteiger partial charge on any atom is 0.469 e. The Hall–Kier alpha value is -1.57. The molecule has 0 spiro atoms. The molecule has 1 saturated heterocycles. The number of imidazole rings is 1. The fourth-order valence-corrected chi connectivity index (χ4v) is 3.09. The smallest absolute Gasteiger partial charge is 0.387 e. The van der Waals surface area contributed by atoms with Crippen molar-refractivity contribution in [3.8, 4) is 0 Å². The molecule has 160 valence electrons. The second kappa shape index (κ2) is 9.76. The number of aromatic nitrogens is 2. The Bertz CT molecular complexity index is 710. The van der Waals surface area contributed by atoms with Gasteiger partial charge in [0.1, 0.15) is 24.1 Å². The number of phosphoric acid groups is 1. The number of carbonyl (C=O) groups is 1. The van der Waals surface area contributed by atoms with E-state index >= 15 is 0 Å². The molecule has 2 heterocycles. The molecular weight excluding hydrogens is 397 g/mol. The first-order chi connectivity index (χ1) is 13.2. The third-order valence-corrected chi connectivity index (χ3v) is 4.72. The molecule has 1 amide bonds. The van der Waals surface area contributed by atoms with Crippen LogP contribution in [0.2, 0.25) is 0 Å². The number of unbranched alkanes of at least 4 members (excludes halogenated alkanes) is 2. The van der Waals surface area contributed by atoms with Crippen molar-refractivity contribution in [1.82, 2.24) is 14.9 Å². The van der Waals surface area contributed by atoms with Crippen LogP contribution in [0.25, 0.3) is 0 Å².